The summed E-state index contributed by atoms with van der Waals surface area (Å²) in [4.78, 5) is 32.6. The van der Waals surface area contributed by atoms with Crippen LogP contribution in [0.2, 0.25) is 0 Å². The molecule has 0 aromatic carbocycles. The van der Waals surface area contributed by atoms with Crippen molar-refractivity contribution in [1.29, 1.82) is 0 Å². The van der Waals surface area contributed by atoms with Crippen molar-refractivity contribution in [1.82, 2.24) is 0 Å². The Kier molecular flexibility index (Phi) is 15.4. The van der Waals surface area contributed by atoms with Crippen molar-refractivity contribution >= 4 is 17.9 Å². The number of unbranched alkanes of at least 4 members (excludes halogenated alkanes) is 6. The van der Waals surface area contributed by atoms with E-state index in [0.717, 1.165) is 19.4 Å². The normalized spacial score (nSPS) is 11.5. The molecule has 2 N–H and O–H groups in total. The van der Waals surface area contributed by atoms with E-state index < -0.39 is 17.9 Å². The quantitative estimate of drug-likeness (QED) is 0.239. The van der Waals surface area contributed by atoms with Gasteiger partial charge in [-0.3, -0.25) is 9.59 Å². The van der Waals surface area contributed by atoms with Crippen molar-refractivity contribution in [3.63, 3.8) is 0 Å². The summed E-state index contributed by atoms with van der Waals surface area (Å²) < 4.78 is 0.614. The minimum Gasteiger partial charge on any atom is -0.550 e. The van der Waals surface area contributed by atoms with Gasteiger partial charge < -0.3 is 24.6 Å². The van der Waals surface area contributed by atoms with E-state index >= 15 is 0 Å². The zero-order valence-corrected chi connectivity index (χ0v) is 17.5. The Balaban J connectivity index is 4.78. The second kappa shape index (κ2) is 16.3. The van der Waals surface area contributed by atoms with Gasteiger partial charge in [-0.25, -0.2) is 0 Å². The highest BCUT2D eigenvalue weighted by molar-refractivity contribution is 5.66. The number of nitrogens with zero attached hydrogens (tertiary/aromatic N) is 1. The van der Waals surface area contributed by atoms with Gasteiger partial charge in [0.25, 0.3) is 0 Å². The fraction of sp³-hybridized carbons (Fsp3) is 0.857. The van der Waals surface area contributed by atoms with Crippen LogP contribution >= 0.6 is 0 Å². The molecule has 0 amide bonds. The molecule has 0 atom stereocenters. The molecule has 0 aromatic heterocycles. The van der Waals surface area contributed by atoms with Crippen LogP contribution in [0.3, 0.4) is 0 Å². The van der Waals surface area contributed by atoms with Crippen molar-refractivity contribution in [2.24, 2.45) is 0 Å². The van der Waals surface area contributed by atoms with Gasteiger partial charge in [0, 0.05) is 25.2 Å². The molecule has 7 heteroatoms. The van der Waals surface area contributed by atoms with Crippen LogP contribution in [0.4, 0.5) is 0 Å². The Morgan fingerprint density at radius 3 is 1.46 bits per heavy atom. The fourth-order valence-electron chi connectivity index (χ4n) is 3.77. The van der Waals surface area contributed by atoms with Crippen molar-refractivity contribution in [2.75, 3.05) is 26.2 Å². The van der Waals surface area contributed by atoms with Gasteiger partial charge in [-0.05, 0) is 19.3 Å². The van der Waals surface area contributed by atoms with E-state index in [2.05, 4.69) is 6.92 Å². The Morgan fingerprint density at radius 2 is 1.04 bits per heavy atom. The minimum atomic E-state index is -1.08. The number of rotatable bonds is 20. The number of quaternary nitrogens is 1. The fourth-order valence-corrected chi connectivity index (χ4v) is 3.77. The van der Waals surface area contributed by atoms with E-state index in [4.69, 9.17) is 10.2 Å². The Morgan fingerprint density at radius 1 is 0.643 bits per heavy atom. The first-order chi connectivity index (χ1) is 13.3. The van der Waals surface area contributed by atoms with Gasteiger partial charge >= 0.3 is 11.9 Å². The van der Waals surface area contributed by atoms with Crippen LogP contribution in [0.25, 0.3) is 0 Å². The highest BCUT2D eigenvalue weighted by Gasteiger charge is 2.26. The molecule has 0 aliphatic heterocycles. The predicted octanol–water partition coefficient (Wildman–Crippen LogP) is 2.81. The zero-order valence-electron chi connectivity index (χ0n) is 17.5. The first kappa shape index (κ1) is 26.4. The highest BCUT2D eigenvalue weighted by atomic mass is 16.4. The summed E-state index contributed by atoms with van der Waals surface area (Å²) in [6.45, 7) is 4.96. The lowest BCUT2D eigenvalue weighted by Crippen LogP contribution is -2.51. The molecule has 0 aromatic rings. The number of carbonyl (C=O) groups is 3. The third-order valence-corrected chi connectivity index (χ3v) is 5.30. The lowest BCUT2D eigenvalue weighted by molar-refractivity contribution is -0.929. The molecular formula is C21H39NO6. The maximum absolute atomic E-state index is 10.9. The molecule has 0 fully saturated rings. The third kappa shape index (κ3) is 15.4. The lowest BCUT2D eigenvalue weighted by Gasteiger charge is -2.39. The Labute approximate surface area is 169 Å². The van der Waals surface area contributed by atoms with E-state index in [1.807, 2.05) is 0 Å². The summed E-state index contributed by atoms with van der Waals surface area (Å²) in [5.41, 5.74) is 0. The van der Waals surface area contributed by atoms with Crippen LogP contribution < -0.4 is 5.11 Å². The van der Waals surface area contributed by atoms with Crippen LogP contribution in [0, 0.1) is 0 Å². The average Bonchev–Trinajstić information content (AvgIpc) is 2.60. The number of aliphatic carboxylic acids is 3. The molecule has 0 aliphatic rings. The van der Waals surface area contributed by atoms with Gasteiger partial charge in [-0.15, -0.1) is 0 Å². The molecule has 7 nitrogen and oxygen atoms in total. The van der Waals surface area contributed by atoms with E-state index in [1.165, 1.54) is 32.1 Å². The van der Waals surface area contributed by atoms with Gasteiger partial charge in [0.2, 0.25) is 0 Å². The molecule has 0 unspecified atom stereocenters. The Hall–Kier alpha value is -1.63. The van der Waals surface area contributed by atoms with E-state index in [9.17, 15) is 19.5 Å². The highest BCUT2D eigenvalue weighted by Crippen LogP contribution is 2.18. The monoisotopic (exact) mass is 401 g/mol. The maximum atomic E-state index is 10.9. The molecule has 164 valence electrons. The van der Waals surface area contributed by atoms with Crippen LogP contribution in [-0.2, 0) is 14.4 Å². The number of hydrogen-bond acceptors (Lipinski definition) is 4. The summed E-state index contributed by atoms with van der Waals surface area (Å²) in [7, 11) is 0. The number of hydrogen-bond donors (Lipinski definition) is 2. The van der Waals surface area contributed by atoms with Crippen LogP contribution in [-0.4, -0.2) is 58.8 Å². The minimum absolute atomic E-state index is 0.0190. The zero-order chi connectivity index (χ0) is 21.3. The van der Waals surface area contributed by atoms with Gasteiger partial charge in [-0.1, -0.05) is 39.0 Å². The molecule has 0 spiro atoms. The summed E-state index contributed by atoms with van der Waals surface area (Å²) in [5, 5.41) is 28.7. The second-order valence-corrected chi connectivity index (χ2v) is 7.83. The summed E-state index contributed by atoms with van der Waals surface area (Å²) in [6.07, 6.45) is 9.85. The standard InChI is InChI=1S/C21H39NO6/c1-2-3-4-5-6-7-8-15-22(16-9-12-19(23)24,17-10-13-20(25)26)18-11-14-21(27)28/h2-18H2,1H3,(H2-,23,24,25,26,27,28). The molecule has 0 radical (unpaired) electrons. The topological polar surface area (TPSA) is 115 Å². The maximum Gasteiger partial charge on any atom is 0.303 e. The number of carboxylic acid groups (broad SMARTS) is 3. The van der Waals surface area contributed by atoms with Crippen LogP contribution in [0.5, 0.6) is 0 Å². The third-order valence-electron chi connectivity index (χ3n) is 5.30. The lowest BCUT2D eigenvalue weighted by atomic mass is 10.1. The summed E-state index contributed by atoms with van der Waals surface area (Å²) in [5.74, 6) is -2.76. The summed E-state index contributed by atoms with van der Waals surface area (Å²) >= 11 is 0. The van der Waals surface area contributed by atoms with E-state index in [0.29, 0.717) is 43.4 Å². The molecule has 0 saturated heterocycles. The van der Waals surface area contributed by atoms with Gasteiger partial charge in [-0.2, -0.15) is 0 Å². The molecule has 0 aliphatic carbocycles. The van der Waals surface area contributed by atoms with Gasteiger partial charge in [0.1, 0.15) is 0 Å². The first-order valence-electron chi connectivity index (χ1n) is 10.8. The van der Waals surface area contributed by atoms with Gasteiger partial charge in [0.05, 0.1) is 39.0 Å². The van der Waals surface area contributed by atoms with Crippen molar-refractivity contribution < 1.29 is 34.2 Å². The Bertz CT molecular complexity index is 402. The molecule has 28 heavy (non-hydrogen) atoms. The number of carbonyl (C=O) groups excluding carboxylic acids is 1. The molecule has 0 bridgehead atoms. The molecule has 0 rings (SSSR count). The first-order valence-corrected chi connectivity index (χ1v) is 10.8. The molecule has 0 heterocycles. The van der Waals surface area contributed by atoms with E-state index in [1.54, 1.807) is 0 Å². The molecule has 0 saturated carbocycles. The largest absolute Gasteiger partial charge is 0.550 e. The smallest absolute Gasteiger partial charge is 0.303 e. The number of carboxylic acids is 3. The van der Waals surface area contributed by atoms with E-state index in [-0.39, 0.29) is 19.3 Å². The van der Waals surface area contributed by atoms with Crippen LogP contribution in [0.1, 0.15) is 90.4 Å². The van der Waals surface area contributed by atoms with Crippen molar-refractivity contribution in [3.8, 4) is 0 Å². The van der Waals surface area contributed by atoms with Gasteiger partial charge in [0.15, 0.2) is 0 Å². The van der Waals surface area contributed by atoms with Crippen LogP contribution in [0.15, 0.2) is 0 Å². The predicted molar refractivity (Wildman–Crippen MR) is 106 cm³/mol. The SMILES string of the molecule is CCCCCCCCC[N+](CCCC(=O)[O-])(CCCC(=O)O)CCCC(=O)O. The molecular weight excluding hydrogens is 362 g/mol. The summed E-state index contributed by atoms with van der Waals surface area (Å²) in [6, 6.07) is 0. The average molecular weight is 402 g/mol. The van der Waals surface area contributed by atoms with Crippen molar-refractivity contribution in [2.45, 2.75) is 90.4 Å². The second-order valence-electron chi connectivity index (χ2n) is 7.83. The van der Waals surface area contributed by atoms with Crippen molar-refractivity contribution in [3.05, 3.63) is 0 Å².